The third-order valence-electron chi connectivity index (χ3n) is 1.11. The molecule has 11 heavy (non-hydrogen) atoms. The molecule has 0 bridgehead atoms. The number of hydrogen-bond acceptors (Lipinski definition) is 1. The second-order valence-corrected chi connectivity index (χ2v) is 3.64. The highest BCUT2D eigenvalue weighted by Crippen LogP contribution is 2.27. The van der Waals surface area contributed by atoms with Gasteiger partial charge in [0, 0.05) is 11.8 Å². The van der Waals surface area contributed by atoms with Crippen LogP contribution in [0.2, 0.25) is 0 Å². The number of alkyl halides is 2. The molecule has 0 radical (unpaired) electrons. The lowest BCUT2D eigenvalue weighted by Crippen LogP contribution is -1.91. The van der Waals surface area contributed by atoms with Gasteiger partial charge in [-0.1, -0.05) is 0 Å². The van der Waals surface area contributed by atoms with Gasteiger partial charge in [-0.2, -0.15) is 0 Å². The van der Waals surface area contributed by atoms with E-state index < -0.39 is 6.43 Å². The zero-order valence-electron chi connectivity index (χ0n) is 5.19. The topological polar surface area (TPSA) is 12.9 Å². The van der Waals surface area contributed by atoms with E-state index in [0.29, 0.717) is 8.17 Å². The molecule has 0 spiro atoms. The summed E-state index contributed by atoms with van der Waals surface area (Å²) in [7, 11) is 0. The van der Waals surface area contributed by atoms with Crippen LogP contribution in [0, 0.1) is 3.57 Å². The van der Waals surface area contributed by atoms with E-state index in [0.717, 1.165) is 0 Å². The van der Waals surface area contributed by atoms with Gasteiger partial charge in [-0.25, -0.2) is 13.8 Å². The Morgan fingerprint density at radius 3 is 2.64 bits per heavy atom. The van der Waals surface area contributed by atoms with E-state index in [1.54, 1.807) is 0 Å². The van der Waals surface area contributed by atoms with E-state index in [2.05, 4.69) is 20.9 Å². The van der Waals surface area contributed by atoms with Crippen molar-refractivity contribution in [2.75, 3.05) is 0 Å². The Balaban J connectivity index is 3.17. The number of aromatic nitrogens is 1. The van der Waals surface area contributed by atoms with Crippen LogP contribution in [-0.4, -0.2) is 4.98 Å². The molecule has 0 atom stereocenters. The molecular weight excluding hydrogens is 331 g/mol. The summed E-state index contributed by atoms with van der Waals surface area (Å²) >= 11 is 4.89. The van der Waals surface area contributed by atoms with Crippen molar-refractivity contribution in [3.63, 3.8) is 0 Å². The van der Waals surface area contributed by atoms with E-state index in [1.165, 1.54) is 12.3 Å². The van der Waals surface area contributed by atoms with Crippen LogP contribution in [0.5, 0.6) is 0 Å². The van der Waals surface area contributed by atoms with Crippen molar-refractivity contribution >= 4 is 38.5 Å². The van der Waals surface area contributed by atoms with Crippen molar-refractivity contribution in [3.8, 4) is 0 Å². The van der Waals surface area contributed by atoms with E-state index in [4.69, 9.17) is 0 Å². The summed E-state index contributed by atoms with van der Waals surface area (Å²) in [6, 6.07) is 1.32. The molecule has 0 aliphatic carbocycles. The van der Waals surface area contributed by atoms with E-state index >= 15 is 0 Å². The molecule has 5 heteroatoms. The first-order chi connectivity index (χ1) is 5.13. The molecule has 0 amide bonds. The molecule has 0 saturated carbocycles. The van der Waals surface area contributed by atoms with Crippen LogP contribution in [0.3, 0.4) is 0 Å². The maximum Gasteiger partial charge on any atom is 0.265 e. The van der Waals surface area contributed by atoms with Crippen molar-refractivity contribution in [1.29, 1.82) is 0 Å². The lowest BCUT2D eigenvalue weighted by molar-refractivity contribution is 0.150. The molecule has 0 unspecified atom stereocenters. The summed E-state index contributed by atoms with van der Waals surface area (Å²) < 4.78 is 25.2. The highest BCUT2D eigenvalue weighted by Gasteiger charge is 2.12. The summed E-state index contributed by atoms with van der Waals surface area (Å²) in [5.41, 5.74) is 0.0208. The summed E-state index contributed by atoms with van der Waals surface area (Å²) in [4.78, 5) is 3.80. The molecule has 0 aromatic carbocycles. The Hall–Kier alpha value is 0.220. The van der Waals surface area contributed by atoms with Crippen LogP contribution in [-0.2, 0) is 0 Å². The van der Waals surface area contributed by atoms with Crippen LogP contribution in [0.1, 0.15) is 12.0 Å². The quantitative estimate of drug-likeness (QED) is 0.567. The van der Waals surface area contributed by atoms with Crippen molar-refractivity contribution in [3.05, 3.63) is 26.0 Å². The predicted octanol–water partition coefficient (Wildman–Crippen LogP) is 3.39. The van der Waals surface area contributed by atoms with Crippen molar-refractivity contribution in [1.82, 2.24) is 4.98 Å². The summed E-state index contributed by atoms with van der Waals surface area (Å²) in [5.74, 6) is 0. The van der Waals surface area contributed by atoms with Gasteiger partial charge in [-0.3, -0.25) is 0 Å². The molecule has 0 saturated heterocycles. The number of hydrogen-bond donors (Lipinski definition) is 0. The largest absolute Gasteiger partial charge is 0.265 e. The van der Waals surface area contributed by atoms with Gasteiger partial charge in [0.15, 0.2) is 0 Å². The standard InChI is InChI=1S/C6H3BrF2IN/c7-5-4(10)3(6(8)9)1-2-11-5/h1-2,6H. The number of halogens is 4. The zero-order valence-corrected chi connectivity index (χ0v) is 8.93. The SMILES string of the molecule is FC(F)c1ccnc(Br)c1I. The average Bonchev–Trinajstić information content (AvgIpc) is 1.94. The zero-order chi connectivity index (χ0) is 8.43. The van der Waals surface area contributed by atoms with Gasteiger partial charge in [0.25, 0.3) is 6.43 Å². The minimum atomic E-state index is -2.43. The van der Waals surface area contributed by atoms with Crippen LogP contribution in [0.4, 0.5) is 8.78 Å². The number of pyridine rings is 1. The Morgan fingerprint density at radius 2 is 2.18 bits per heavy atom. The second kappa shape index (κ2) is 3.75. The first kappa shape index (κ1) is 9.31. The van der Waals surface area contributed by atoms with Gasteiger partial charge < -0.3 is 0 Å². The Morgan fingerprint density at radius 1 is 1.55 bits per heavy atom. The fourth-order valence-electron chi connectivity index (χ4n) is 0.600. The Kier molecular flexibility index (Phi) is 3.17. The van der Waals surface area contributed by atoms with Crippen LogP contribution >= 0.6 is 38.5 Å². The maximum absolute atomic E-state index is 12.2. The second-order valence-electron chi connectivity index (χ2n) is 1.81. The van der Waals surface area contributed by atoms with Crippen LogP contribution in [0.25, 0.3) is 0 Å². The highest BCUT2D eigenvalue weighted by atomic mass is 127. The lowest BCUT2D eigenvalue weighted by atomic mass is 10.3. The Bertz CT molecular complexity index is 267. The molecule has 0 aliphatic rings. The molecule has 1 heterocycles. The smallest absolute Gasteiger partial charge is 0.248 e. The van der Waals surface area contributed by atoms with Crippen molar-refractivity contribution in [2.24, 2.45) is 0 Å². The van der Waals surface area contributed by atoms with Crippen LogP contribution < -0.4 is 0 Å². The first-order valence-corrected chi connectivity index (χ1v) is 4.58. The molecule has 1 rings (SSSR count). The predicted molar refractivity (Wildman–Crippen MR) is 49.6 cm³/mol. The van der Waals surface area contributed by atoms with Gasteiger partial charge in [0.2, 0.25) is 0 Å². The minimum Gasteiger partial charge on any atom is -0.248 e. The third-order valence-corrected chi connectivity index (χ3v) is 3.59. The summed E-state index contributed by atoms with van der Waals surface area (Å²) in [5, 5.41) is 0. The highest BCUT2D eigenvalue weighted by molar-refractivity contribution is 14.1. The third kappa shape index (κ3) is 2.08. The molecular formula is C6H3BrF2IN. The van der Waals surface area contributed by atoms with E-state index in [-0.39, 0.29) is 5.56 Å². The molecule has 0 N–H and O–H groups in total. The fraction of sp³-hybridized carbons (Fsp3) is 0.167. The van der Waals surface area contributed by atoms with Gasteiger partial charge in [-0.15, -0.1) is 0 Å². The molecule has 0 aliphatic heterocycles. The molecule has 0 fully saturated rings. The maximum atomic E-state index is 12.2. The van der Waals surface area contributed by atoms with Gasteiger partial charge in [0.1, 0.15) is 4.60 Å². The minimum absolute atomic E-state index is 0.0208. The van der Waals surface area contributed by atoms with E-state index in [1.807, 2.05) is 22.6 Å². The average molecular weight is 334 g/mol. The van der Waals surface area contributed by atoms with Crippen LogP contribution in [0.15, 0.2) is 16.9 Å². The summed E-state index contributed by atoms with van der Waals surface area (Å²) in [6.45, 7) is 0. The molecule has 60 valence electrons. The Labute approximate surface area is 84.5 Å². The van der Waals surface area contributed by atoms with E-state index in [9.17, 15) is 8.78 Å². The molecule has 1 aromatic rings. The van der Waals surface area contributed by atoms with Crippen molar-refractivity contribution in [2.45, 2.75) is 6.43 Å². The molecule has 1 aromatic heterocycles. The van der Waals surface area contributed by atoms with Gasteiger partial charge in [-0.05, 0) is 44.6 Å². The number of nitrogens with zero attached hydrogens (tertiary/aromatic N) is 1. The lowest BCUT2D eigenvalue weighted by Gasteiger charge is -2.02. The van der Waals surface area contributed by atoms with Gasteiger partial charge in [0.05, 0.1) is 3.57 Å². The fourth-order valence-corrected chi connectivity index (χ4v) is 1.50. The molecule has 1 nitrogen and oxygen atoms in total. The van der Waals surface area contributed by atoms with Gasteiger partial charge >= 0.3 is 0 Å². The summed E-state index contributed by atoms with van der Waals surface area (Å²) in [6.07, 6.45) is -1.07. The normalized spacial score (nSPS) is 10.6. The first-order valence-electron chi connectivity index (χ1n) is 2.71. The monoisotopic (exact) mass is 333 g/mol. The van der Waals surface area contributed by atoms with Crippen molar-refractivity contribution < 1.29 is 8.78 Å². The number of rotatable bonds is 1.